The molecule has 214 valence electrons. The summed E-state index contributed by atoms with van der Waals surface area (Å²) < 4.78 is 38.3. The zero-order chi connectivity index (χ0) is 28.8. The molecule has 0 saturated carbocycles. The van der Waals surface area contributed by atoms with Gasteiger partial charge in [0, 0.05) is 56.1 Å². The number of benzene rings is 2. The fourth-order valence-corrected chi connectivity index (χ4v) is 4.33. The van der Waals surface area contributed by atoms with Crippen LogP contribution in [0, 0.1) is 11.6 Å². The molecular formula is C28H34F2N6O4. The molecule has 0 radical (unpaired) electrons. The summed E-state index contributed by atoms with van der Waals surface area (Å²) in [6.07, 6.45) is 0.941. The summed E-state index contributed by atoms with van der Waals surface area (Å²) in [5, 5.41) is 5.93. The maximum atomic E-state index is 13.8. The Morgan fingerprint density at radius 3 is 2.48 bits per heavy atom. The second-order valence-electron chi connectivity index (χ2n) is 9.89. The number of aromatic nitrogens is 2. The summed E-state index contributed by atoms with van der Waals surface area (Å²) >= 11 is 0. The van der Waals surface area contributed by atoms with Crippen LogP contribution in [0.1, 0.15) is 42.7 Å². The molecule has 0 bridgehead atoms. The van der Waals surface area contributed by atoms with Gasteiger partial charge in [-0.15, -0.1) is 0 Å². The Bertz CT molecular complexity index is 1350. The van der Waals surface area contributed by atoms with Gasteiger partial charge in [-0.2, -0.15) is 0 Å². The average Bonchev–Trinajstić information content (AvgIpc) is 2.91. The number of rotatable bonds is 9. The van der Waals surface area contributed by atoms with E-state index in [1.165, 1.54) is 17.0 Å². The quantitative estimate of drug-likeness (QED) is 0.405. The van der Waals surface area contributed by atoms with Crippen molar-refractivity contribution in [1.82, 2.24) is 20.2 Å². The SMILES string of the molecule is CC(C)OC(=O)N(C)CCNC(=O)c1cc(C(C)Nc2cc(F)cc(F)c2)c2nc(N3CCOCC3)cnc2c1. The number of amides is 2. The number of morpholine rings is 1. The third kappa shape index (κ3) is 7.32. The van der Waals surface area contributed by atoms with Crippen LogP contribution < -0.4 is 15.5 Å². The zero-order valence-electron chi connectivity index (χ0n) is 23.0. The molecule has 1 saturated heterocycles. The molecule has 4 rings (SSSR count). The smallest absolute Gasteiger partial charge is 0.409 e. The van der Waals surface area contributed by atoms with Crippen LogP contribution in [0.15, 0.2) is 36.5 Å². The van der Waals surface area contributed by atoms with E-state index in [1.54, 1.807) is 39.2 Å². The van der Waals surface area contributed by atoms with Crippen LogP contribution in [-0.4, -0.2) is 79.4 Å². The van der Waals surface area contributed by atoms with Crippen molar-refractivity contribution in [2.24, 2.45) is 0 Å². The molecule has 40 heavy (non-hydrogen) atoms. The largest absolute Gasteiger partial charge is 0.447 e. The molecule has 1 aliphatic rings. The number of hydrogen-bond acceptors (Lipinski definition) is 8. The van der Waals surface area contributed by atoms with E-state index >= 15 is 0 Å². The molecule has 1 aliphatic heterocycles. The predicted octanol–water partition coefficient (Wildman–Crippen LogP) is 4.12. The Kier molecular flexibility index (Phi) is 9.30. The number of fused-ring (bicyclic) bond motifs is 1. The van der Waals surface area contributed by atoms with Crippen molar-refractivity contribution in [1.29, 1.82) is 0 Å². The number of halogens is 2. The third-order valence-corrected chi connectivity index (χ3v) is 6.36. The lowest BCUT2D eigenvalue weighted by Crippen LogP contribution is -2.37. The van der Waals surface area contributed by atoms with Gasteiger partial charge in [0.15, 0.2) is 0 Å². The van der Waals surface area contributed by atoms with Crippen LogP contribution >= 0.6 is 0 Å². The first-order valence-corrected chi connectivity index (χ1v) is 13.2. The van der Waals surface area contributed by atoms with Gasteiger partial charge in [-0.3, -0.25) is 9.78 Å². The molecule has 2 heterocycles. The highest BCUT2D eigenvalue weighted by Gasteiger charge is 2.20. The molecule has 2 amide bonds. The molecule has 2 aromatic carbocycles. The van der Waals surface area contributed by atoms with Gasteiger partial charge >= 0.3 is 6.09 Å². The summed E-state index contributed by atoms with van der Waals surface area (Å²) in [6, 6.07) is 6.06. The maximum Gasteiger partial charge on any atom is 0.409 e. The van der Waals surface area contributed by atoms with E-state index in [9.17, 15) is 18.4 Å². The third-order valence-electron chi connectivity index (χ3n) is 6.36. The van der Waals surface area contributed by atoms with E-state index in [2.05, 4.69) is 20.5 Å². The van der Waals surface area contributed by atoms with E-state index < -0.39 is 23.8 Å². The minimum atomic E-state index is -0.704. The highest BCUT2D eigenvalue weighted by Crippen LogP contribution is 2.29. The van der Waals surface area contributed by atoms with Gasteiger partial charge in [-0.05, 0) is 45.0 Å². The van der Waals surface area contributed by atoms with Crippen molar-refractivity contribution in [2.45, 2.75) is 32.9 Å². The molecule has 2 N–H and O–H groups in total. The van der Waals surface area contributed by atoms with Gasteiger partial charge in [0.25, 0.3) is 5.91 Å². The van der Waals surface area contributed by atoms with Gasteiger partial charge in [-0.1, -0.05) is 0 Å². The van der Waals surface area contributed by atoms with Crippen molar-refractivity contribution >= 4 is 34.5 Å². The van der Waals surface area contributed by atoms with Gasteiger partial charge in [0.1, 0.15) is 17.5 Å². The van der Waals surface area contributed by atoms with Crippen LogP contribution in [-0.2, 0) is 9.47 Å². The van der Waals surface area contributed by atoms with Crippen LogP contribution in [0.5, 0.6) is 0 Å². The molecule has 1 unspecified atom stereocenters. The summed E-state index contributed by atoms with van der Waals surface area (Å²) in [7, 11) is 1.59. The summed E-state index contributed by atoms with van der Waals surface area (Å²) in [6.45, 7) is 8.31. The fraction of sp³-hybridized carbons (Fsp3) is 0.429. The lowest BCUT2D eigenvalue weighted by atomic mass is 10.0. The number of likely N-dealkylation sites (N-methyl/N-ethyl adjacent to an activating group) is 1. The number of carbonyl (C=O) groups is 2. The molecule has 3 aromatic rings. The molecule has 0 spiro atoms. The zero-order valence-corrected chi connectivity index (χ0v) is 23.0. The maximum absolute atomic E-state index is 13.8. The average molecular weight is 557 g/mol. The van der Waals surface area contributed by atoms with Crippen molar-refractivity contribution in [3.8, 4) is 0 Å². The van der Waals surface area contributed by atoms with Gasteiger partial charge in [0.05, 0.1) is 42.6 Å². The summed E-state index contributed by atoms with van der Waals surface area (Å²) in [5.41, 5.74) is 2.28. The van der Waals surface area contributed by atoms with Crippen molar-refractivity contribution in [3.63, 3.8) is 0 Å². The van der Waals surface area contributed by atoms with Crippen molar-refractivity contribution in [2.75, 3.05) is 56.7 Å². The molecular weight excluding hydrogens is 522 g/mol. The molecule has 1 atom stereocenters. The summed E-state index contributed by atoms with van der Waals surface area (Å²) in [5.74, 6) is -1.10. The van der Waals surface area contributed by atoms with Gasteiger partial charge in [-0.25, -0.2) is 18.6 Å². The fourth-order valence-electron chi connectivity index (χ4n) is 4.33. The van der Waals surface area contributed by atoms with Crippen LogP contribution in [0.25, 0.3) is 11.0 Å². The van der Waals surface area contributed by atoms with Crippen molar-refractivity contribution < 1.29 is 27.8 Å². The number of anilines is 2. The van der Waals surface area contributed by atoms with Crippen LogP contribution in [0.2, 0.25) is 0 Å². The normalized spacial score (nSPS) is 14.2. The number of hydrogen-bond donors (Lipinski definition) is 2. The second-order valence-corrected chi connectivity index (χ2v) is 9.89. The van der Waals surface area contributed by atoms with Crippen molar-refractivity contribution in [3.05, 3.63) is 59.3 Å². The van der Waals surface area contributed by atoms with E-state index in [4.69, 9.17) is 14.5 Å². The molecule has 10 nitrogen and oxygen atoms in total. The number of nitrogens with zero attached hydrogens (tertiary/aromatic N) is 4. The summed E-state index contributed by atoms with van der Waals surface area (Å²) in [4.78, 5) is 38.0. The van der Waals surface area contributed by atoms with Gasteiger partial charge in [0.2, 0.25) is 0 Å². The van der Waals surface area contributed by atoms with E-state index in [0.29, 0.717) is 54.3 Å². The molecule has 0 aliphatic carbocycles. The van der Waals surface area contributed by atoms with Crippen LogP contribution in [0.3, 0.4) is 0 Å². The first-order chi connectivity index (χ1) is 19.1. The minimum absolute atomic E-state index is 0.202. The Hall–Kier alpha value is -4.06. The highest BCUT2D eigenvalue weighted by atomic mass is 19.1. The standard InChI is InChI=1S/C28H34F2N6O4/c1-17(2)40-28(38)35(4)6-5-31-27(37)19-11-23(18(3)33-22-14-20(29)13-21(30)15-22)26-24(12-19)32-16-25(34-26)36-7-9-39-10-8-36/h11-18,33H,5-10H2,1-4H3,(H,31,37). The number of ether oxygens (including phenoxy) is 2. The van der Waals surface area contributed by atoms with E-state index in [1.807, 2.05) is 6.92 Å². The molecule has 12 heteroatoms. The number of nitrogens with one attached hydrogen (secondary N) is 2. The predicted molar refractivity (Wildman–Crippen MR) is 148 cm³/mol. The lowest BCUT2D eigenvalue weighted by Gasteiger charge is -2.28. The van der Waals surface area contributed by atoms with E-state index in [-0.39, 0.29) is 30.8 Å². The lowest BCUT2D eigenvalue weighted by molar-refractivity contribution is 0.0822. The number of carbonyl (C=O) groups excluding carboxylic acids is 2. The van der Waals surface area contributed by atoms with Gasteiger partial charge < -0.3 is 29.9 Å². The molecule has 1 aromatic heterocycles. The molecule has 1 fully saturated rings. The first kappa shape index (κ1) is 28.9. The minimum Gasteiger partial charge on any atom is -0.447 e. The highest BCUT2D eigenvalue weighted by molar-refractivity contribution is 5.98. The monoisotopic (exact) mass is 556 g/mol. The Labute approximate surface area is 231 Å². The first-order valence-electron chi connectivity index (χ1n) is 13.2. The van der Waals surface area contributed by atoms with E-state index in [0.717, 1.165) is 6.07 Å². The Morgan fingerprint density at radius 2 is 1.80 bits per heavy atom. The van der Waals surface area contributed by atoms with Crippen LogP contribution in [0.4, 0.5) is 25.1 Å². The Balaban J connectivity index is 1.60. The Morgan fingerprint density at radius 1 is 1.10 bits per heavy atom. The topological polar surface area (TPSA) is 109 Å². The second kappa shape index (κ2) is 12.9.